The van der Waals surface area contributed by atoms with Gasteiger partial charge in [-0.2, -0.15) is 5.26 Å². The minimum Gasteiger partial charge on any atom is -0.497 e. The van der Waals surface area contributed by atoms with Crippen molar-refractivity contribution in [3.8, 4) is 11.8 Å². The van der Waals surface area contributed by atoms with Gasteiger partial charge < -0.3 is 13.9 Å². The summed E-state index contributed by atoms with van der Waals surface area (Å²) in [5, 5.41) is 9.71. The van der Waals surface area contributed by atoms with Crippen molar-refractivity contribution in [2.45, 2.75) is 6.92 Å². The second-order valence-electron chi connectivity index (χ2n) is 5.97. The molecule has 0 radical (unpaired) electrons. The van der Waals surface area contributed by atoms with Gasteiger partial charge in [0.25, 0.3) is 5.91 Å². The predicted molar refractivity (Wildman–Crippen MR) is 102 cm³/mol. The lowest BCUT2D eigenvalue weighted by molar-refractivity contribution is -0.121. The molecule has 0 spiro atoms. The number of anilines is 1. The van der Waals surface area contributed by atoms with Crippen LogP contribution in [-0.2, 0) is 9.53 Å². The largest absolute Gasteiger partial charge is 0.497 e. The Morgan fingerprint density at radius 3 is 2.61 bits per heavy atom. The molecule has 3 rings (SSSR count). The number of nitriles is 1. The van der Waals surface area contributed by atoms with Crippen LogP contribution in [0, 0.1) is 18.3 Å². The van der Waals surface area contributed by atoms with Gasteiger partial charge in [-0.15, -0.1) is 0 Å². The second kappa shape index (κ2) is 8.27. The van der Waals surface area contributed by atoms with Gasteiger partial charge in [-0.25, -0.2) is 4.79 Å². The molecule has 28 heavy (non-hydrogen) atoms. The number of aryl methyl sites for hydroxylation is 1. The quantitative estimate of drug-likeness (QED) is 0.482. The summed E-state index contributed by atoms with van der Waals surface area (Å²) in [5.41, 5.74) is 1.67. The maximum Gasteiger partial charge on any atom is 0.375 e. The van der Waals surface area contributed by atoms with Gasteiger partial charge in [-0.3, -0.25) is 9.69 Å². The van der Waals surface area contributed by atoms with Gasteiger partial charge in [-0.05, 0) is 37.3 Å². The average molecular weight is 378 g/mol. The van der Waals surface area contributed by atoms with E-state index < -0.39 is 18.5 Å². The Bertz CT molecular complexity index is 1050. The first kappa shape index (κ1) is 19.0. The smallest absolute Gasteiger partial charge is 0.375 e. The molecule has 0 saturated carbocycles. The van der Waals surface area contributed by atoms with E-state index in [1.165, 1.54) is 4.90 Å². The van der Waals surface area contributed by atoms with Crippen molar-refractivity contribution in [2.24, 2.45) is 0 Å². The number of para-hydroxylation sites is 1. The number of carbonyl (C=O) groups is 2. The molecule has 0 unspecified atom stereocenters. The highest BCUT2D eigenvalue weighted by molar-refractivity contribution is 5.99. The van der Waals surface area contributed by atoms with Gasteiger partial charge in [-0.1, -0.05) is 18.2 Å². The molecule has 3 aromatic rings. The molecule has 1 aromatic heterocycles. The first-order valence-electron chi connectivity index (χ1n) is 8.51. The molecule has 0 aliphatic heterocycles. The Morgan fingerprint density at radius 2 is 1.93 bits per heavy atom. The van der Waals surface area contributed by atoms with E-state index in [4.69, 9.17) is 19.2 Å². The topological polar surface area (TPSA) is 92.8 Å². The monoisotopic (exact) mass is 378 g/mol. The SMILES string of the molecule is COc1ccc2oc(C(=O)OCC(=O)N(CC#N)c3ccccc3)c(C)c2c1. The van der Waals surface area contributed by atoms with Crippen LogP contribution in [0.4, 0.5) is 5.69 Å². The minimum absolute atomic E-state index is 0.0302. The van der Waals surface area contributed by atoms with E-state index in [-0.39, 0.29) is 12.3 Å². The molecular formula is C21H18N2O5. The Kier molecular flexibility index (Phi) is 5.61. The number of furan rings is 1. The van der Waals surface area contributed by atoms with Crippen LogP contribution in [0.5, 0.6) is 5.75 Å². The highest BCUT2D eigenvalue weighted by Gasteiger charge is 2.22. The lowest BCUT2D eigenvalue weighted by Crippen LogP contribution is -2.35. The molecule has 0 aliphatic carbocycles. The summed E-state index contributed by atoms with van der Waals surface area (Å²) < 4.78 is 15.9. The van der Waals surface area contributed by atoms with Crippen LogP contribution in [0.25, 0.3) is 11.0 Å². The highest BCUT2D eigenvalue weighted by atomic mass is 16.5. The lowest BCUT2D eigenvalue weighted by atomic mass is 10.1. The van der Waals surface area contributed by atoms with Gasteiger partial charge in [0.05, 0.1) is 13.2 Å². The molecule has 0 N–H and O–H groups in total. The lowest BCUT2D eigenvalue weighted by Gasteiger charge is -2.19. The van der Waals surface area contributed by atoms with E-state index in [1.54, 1.807) is 62.6 Å². The van der Waals surface area contributed by atoms with E-state index in [1.807, 2.05) is 6.07 Å². The van der Waals surface area contributed by atoms with Crippen LogP contribution in [0.3, 0.4) is 0 Å². The van der Waals surface area contributed by atoms with Crippen LogP contribution in [0.1, 0.15) is 16.1 Å². The fourth-order valence-corrected chi connectivity index (χ4v) is 2.79. The third kappa shape index (κ3) is 3.81. The maximum absolute atomic E-state index is 12.5. The van der Waals surface area contributed by atoms with E-state index in [2.05, 4.69) is 0 Å². The van der Waals surface area contributed by atoms with Crippen molar-refractivity contribution in [3.63, 3.8) is 0 Å². The van der Waals surface area contributed by atoms with Gasteiger partial charge >= 0.3 is 5.97 Å². The van der Waals surface area contributed by atoms with Crippen LogP contribution in [0.2, 0.25) is 0 Å². The van der Waals surface area contributed by atoms with Crippen molar-refractivity contribution >= 4 is 28.5 Å². The normalized spacial score (nSPS) is 10.3. The number of hydrogen-bond acceptors (Lipinski definition) is 6. The number of nitrogens with zero attached hydrogens (tertiary/aromatic N) is 2. The molecule has 0 saturated heterocycles. The van der Waals surface area contributed by atoms with Crippen molar-refractivity contribution in [1.29, 1.82) is 5.26 Å². The van der Waals surface area contributed by atoms with Crippen LogP contribution in [0.15, 0.2) is 52.9 Å². The van der Waals surface area contributed by atoms with Crippen LogP contribution < -0.4 is 9.64 Å². The first-order valence-corrected chi connectivity index (χ1v) is 8.51. The van der Waals surface area contributed by atoms with Gasteiger partial charge in [0.2, 0.25) is 5.76 Å². The third-order valence-corrected chi connectivity index (χ3v) is 4.25. The zero-order valence-corrected chi connectivity index (χ0v) is 15.5. The van der Waals surface area contributed by atoms with Crippen molar-refractivity contribution in [3.05, 3.63) is 59.9 Å². The minimum atomic E-state index is -0.744. The Balaban J connectivity index is 1.74. The predicted octanol–water partition coefficient (Wildman–Crippen LogP) is 3.46. The fourth-order valence-electron chi connectivity index (χ4n) is 2.79. The summed E-state index contributed by atoms with van der Waals surface area (Å²) in [5.74, 6) is -0.577. The number of fused-ring (bicyclic) bond motifs is 1. The maximum atomic E-state index is 12.5. The summed E-state index contributed by atoms with van der Waals surface area (Å²) in [6.07, 6.45) is 0. The third-order valence-electron chi connectivity index (χ3n) is 4.25. The van der Waals surface area contributed by atoms with E-state index in [0.717, 1.165) is 5.39 Å². The van der Waals surface area contributed by atoms with Gasteiger partial charge in [0.15, 0.2) is 6.61 Å². The van der Waals surface area contributed by atoms with Gasteiger partial charge in [0, 0.05) is 16.6 Å². The summed E-state index contributed by atoms with van der Waals surface area (Å²) in [4.78, 5) is 26.1. The first-order chi connectivity index (χ1) is 13.5. The molecule has 0 atom stereocenters. The number of ether oxygens (including phenoxy) is 2. The van der Waals surface area contributed by atoms with Crippen molar-refractivity contribution < 1.29 is 23.5 Å². The van der Waals surface area contributed by atoms with Gasteiger partial charge in [0.1, 0.15) is 17.9 Å². The van der Waals surface area contributed by atoms with Crippen molar-refractivity contribution in [1.82, 2.24) is 0 Å². The van der Waals surface area contributed by atoms with Crippen LogP contribution >= 0.6 is 0 Å². The molecule has 1 heterocycles. The molecule has 7 heteroatoms. The summed E-state index contributed by atoms with van der Waals surface area (Å²) in [6, 6.07) is 15.8. The summed E-state index contributed by atoms with van der Waals surface area (Å²) in [7, 11) is 1.55. The standard InChI is InChI=1S/C21H18N2O5/c1-14-17-12-16(26-2)8-9-18(17)28-20(14)21(25)27-13-19(24)23(11-10-22)15-6-4-3-5-7-15/h3-9,12H,11,13H2,1-2H3. The highest BCUT2D eigenvalue weighted by Crippen LogP contribution is 2.29. The fraction of sp³-hybridized carbons (Fsp3) is 0.190. The van der Waals surface area contributed by atoms with E-state index in [9.17, 15) is 9.59 Å². The second-order valence-corrected chi connectivity index (χ2v) is 5.97. The Hall–Kier alpha value is -3.79. The molecule has 0 fully saturated rings. The molecule has 0 bridgehead atoms. The summed E-state index contributed by atoms with van der Waals surface area (Å²) >= 11 is 0. The Morgan fingerprint density at radius 1 is 1.18 bits per heavy atom. The number of rotatable bonds is 6. The number of amides is 1. The Labute approximate surface area is 161 Å². The van der Waals surface area contributed by atoms with Crippen LogP contribution in [-0.4, -0.2) is 32.1 Å². The van der Waals surface area contributed by atoms with E-state index >= 15 is 0 Å². The zero-order valence-electron chi connectivity index (χ0n) is 15.5. The number of hydrogen-bond donors (Lipinski definition) is 0. The molecule has 0 aliphatic rings. The zero-order chi connectivity index (χ0) is 20.1. The number of carbonyl (C=O) groups excluding carboxylic acids is 2. The molecular weight excluding hydrogens is 360 g/mol. The number of esters is 1. The number of benzene rings is 2. The molecule has 142 valence electrons. The average Bonchev–Trinajstić information content (AvgIpc) is 3.06. The summed E-state index contributed by atoms with van der Waals surface area (Å²) in [6.45, 7) is 1.08. The number of methoxy groups -OCH3 is 1. The molecule has 7 nitrogen and oxygen atoms in total. The molecule has 2 aromatic carbocycles. The molecule has 1 amide bonds. The van der Waals surface area contributed by atoms with Crippen molar-refractivity contribution in [2.75, 3.05) is 25.2 Å². The van der Waals surface area contributed by atoms with E-state index in [0.29, 0.717) is 22.6 Å².